The first kappa shape index (κ1) is 13.5. The zero-order valence-electron chi connectivity index (χ0n) is 11.1. The number of rotatable bonds is 4. The van der Waals surface area contributed by atoms with Crippen LogP contribution in [0.4, 0.5) is 5.13 Å². The summed E-state index contributed by atoms with van der Waals surface area (Å²) in [5.74, 6) is 0.0133. The highest BCUT2D eigenvalue weighted by Crippen LogP contribution is 2.25. The molecule has 4 nitrogen and oxygen atoms in total. The molecule has 0 atom stereocenters. The van der Waals surface area contributed by atoms with Gasteiger partial charge < -0.3 is 10.6 Å². The normalized spacial score (nSPS) is 10.6. The van der Waals surface area contributed by atoms with Crippen LogP contribution >= 0.6 is 11.3 Å². The number of anilines is 1. The molecule has 2 aromatic rings. The molecule has 100 valence electrons. The molecule has 0 bridgehead atoms. The van der Waals surface area contributed by atoms with Crippen molar-refractivity contribution in [2.24, 2.45) is 0 Å². The molecule has 0 spiro atoms. The minimum absolute atomic E-state index is 0.0133. The second-order valence-corrected chi connectivity index (χ2v) is 5.57. The van der Waals surface area contributed by atoms with Crippen molar-refractivity contribution in [3.63, 3.8) is 0 Å². The maximum atomic E-state index is 12.4. The van der Waals surface area contributed by atoms with Crippen molar-refractivity contribution >= 4 is 32.6 Å². The zero-order chi connectivity index (χ0) is 14.0. The Bertz CT molecular complexity index is 633. The molecule has 0 aliphatic heterocycles. The minimum Gasteiger partial charge on any atom is -0.375 e. The van der Waals surface area contributed by atoms with Crippen LogP contribution in [0, 0.1) is 0 Å². The Balaban J connectivity index is 2.31. The number of carbonyl (C=O) groups excluding carboxylic acids is 1. The minimum atomic E-state index is 0.0133. The summed E-state index contributed by atoms with van der Waals surface area (Å²) < 4.78 is 0.940. The monoisotopic (exact) mass is 275 g/mol. The molecule has 2 N–H and O–H groups in total. The van der Waals surface area contributed by atoms with Gasteiger partial charge in [-0.3, -0.25) is 4.79 Å². The van der Waals surface area contributed by atoms with Gasteiger partial charge in [0.2, 0.25) is 0 Å². The fourth-order valence-electron chi connectivity index (χ4n) is 1.91. The Morgan fingerprint density at radius 2 is 2.26 bits per heavy atom. The Morgan fingerprint density at radius 1 is 1.53 bits per heavy atom. The fraction of sp³-hybridized carbons (Fsp3) is 0.286. The molecule has 1 amide bonds. The molecule has 2 rings (SSSR count). The van der Waals surface area contributed by atoms with Crippen LogP contribution in [0.3, 0.4) is 0 Å². The first-order valence-corrected chi connectivity index (χ1v) is 6.92. The lowest BCUT2D eigenvalue weighted by Crippen LogP contribution is -2.32. The van der Waals surface area contributed by atoms with Crippen molar-refractivity contribution in [1.29, 1.82) is 0 Å². The van der Waals surface area contributed by atoms with Crippen LogP contribution in [0.25, 0.3) is 10.2 Å². The molecule has 0 unspecified atom stereocenters. The van der Waals surface area contributed by atoms with Crippen LogP contribution < -0.4 is 5.73 Å². The Hall–Kier alpha value is -1.88. The number of hydrogen-bond acceptors (Lipinski definition) is 4. The van der Waals surface area contributed by atoms with E-state index in [0.717, 1.165) is 15.8 Å². The van der Waals surface area contributed by atoms with Crippen LogP contribution in [0.15, 0.2) is 30.4 Å². The molecule has 0 saturated carbocycles. The lowest BCUT2D eigenvalue weighted by atomic mass is 10.1. The Morgan fingerprint density at radius 3 is 2.89 bits per heavy atom. The molecule has 0 aliphatic carbocycles. The number of aromatic nitrogens is 1. The van der Waals surface area contributed by atoms with E-state index in [9.17, 15) is 4.79 Å². The van der Waals surface area contributed by atoms with Gasteiger partial charge in [-0.2, -0.15) is 0 Å². The lowest BCUT2D eigenvalue weighted by molar-refractivity contribution is 0.0778. The highest BCUT2D eigenvalue weighted by atomic mass is 32.1. The number of nitrogens with zero attached hydrogens (tertiary/aromatic N) is 2. The van der Waals surface area contributed by atoms with Crippen LogP contribution in [-0.4, -0.2) is 28.9 Å². The van der Waals surface area contributed by atoms with Crippen molar-refractivity contribution in [2.45, 2.75) is 13.8 Å². The quantitative estimate of drug-likeness (QED) is 0.873. The molecular formula is C14H17N3OS. The smallest absolute Gasteiger partial charge is 0.254 e. The lowest BCUT2D eigenvalue weighted by Gasteiger charge is -2.20. The molecular weight excluding hydrogens is 258 g/mol. The SMILES string of the molecule is C=C(C)CN(CC)C(=O)c1ccc2nc(N)sc2c1. The van der Waals surface area contributed by atoms with Gasteiger partial charge in [0.1, 0.15) is 0 Å². The second-order valence-electron chi connectivity index (χ2n) is 4.51. The van der Waals surface area contributed by atoms with Gasteiger partial charge in [-0.15, -0.1) is 0 Å². The van der Waals surface area contributed by atoms with Gasteiger partial charge >= 0.3 is 0 Å². The highest BCUT2D eigenvalue weighted by Gasteiger charge is 2.15. The summed E-state index contributed by atoms with van der Waals surface area (Å²) in [6, 6.07) is 5.49. The summed E-state index contributed by atoms with van der Waals surface area (Å²) in [7, 11) is 0. The first-order valence-electron chi connectivity index (χ1n) is 6.11. The van der Waals surface area contributed by atoms with Crippen LogP contribution in [0.2, 0.25) is 0 Å². The number of amides is 1. The number of hydrogen-bond donors (Lipinski definition) is 1. The average Bonchev–Trinajstić information content (AvgIpc) is 2.73. The van der Waals surface area contributed by atoms with Gasteiger partial charge in [0.15, 0.2) is 5.13 Å². The van der Waals surface area contributed by atoms with E-state index in [2.05, 4.69) is 11.6 Å². The molecule has 1 aromatic carbocycles. The molecule has 1 aromatic heterocycles. The number of nitrogens with two attached hydrogens (primary N) is 1. The van der Waals surface area contributed by atoms with Gasteiger partial charge in [-0.1, -0.05) is 23.5 Å². The van der Waals surface area contributed by atoms with E-state index in [4.69, 9.17) is 5.73 Å². The summed E-state index contributed by atoms with van der Waals surface area (Å²) in [6.07, 6.45) is 0. The van der Waals surface area contributed by atoms with E-state index in [1.165, 1.54) is 11.3 Å². The van der Waals surface area contributed by atoms with Gasteiger partial charge in [0.25, 0.3) is 5.91 Å². The van der Waals surface area contributed by atoms with E-state index >= 15 is 0 Å². The van der Waals surface area contributed by atoms with Crippen LogP contribution in [-0.2, 0) is 0 Å². The summed E-state index contributed by atoms with van der Waals surface area (Å²) in [4.78, 5) is 18.4. The van der Waals surface area contributed by atoms with Crippen molar-refractivity contribution in [3.05, 3.63) is 35.9 Å². The van der Waals surface area contributed by atoms with Crippen molar-refractivity contribution in [3.8, 4) is 0 Å². The number of nitrogen functional groups attached to an aromatic ring is 1. The number of thiazole rings is 1. The van der Waals surface area contributed by atoms with E-state index in [1.807, 2.05) is 26.0 Å². The highest BCUT2D eigenvalue weighted by molar-refractivity contribution is 7.22. The van der Waals surface area contributed by atoms with Crippen LogP contribution in [0.1, 0.15) is 24.2 Å². The van der Waals surface area contributed by atoms with Gasteiger partial charge in [0.05, 0.1) is 10.2 Å². The standard InChI is InChI=1S/C14H17N3OS/c1-4-17(8-9(2)3)13(18)10-5-6-11-12(7-10)19-14(15)16-11/h5-7H,2,4,8H2,1,3H3,(H2,15,16). The zero-order valence-corrected chi connectivity index (χ0v) is 12.0. The third kappa shape index (κ3) is 2.93. The van der Waals surface area contributed by atoms with Crippen molar-refractivity contribution in [2.75, 3.05) is 18.8 Å². The summed E-state index contributed by atoms with van der Waals surface area (Å²) >= 11 is 1.40. The summed E-state index contributed by atoms with van der Waals surface area (Å²) in [5, 5.41) is 0.522. The fourth-order valence-corrected chi connectivity index (χ4v) is 2.68. The molecule has 1 heterocycles. The summed E-state index contributed by atoms with van der Waals surface area (Å²) in [5.41, 5.74) is 8.14. The van der Waals surface area contributed by atoms with E-state index in [-0.39, 0.29) is 5.91 Å². The first-order chi connectivity index (χ1) is 9.01. The molecule has 5 heteroatoms. The third-order valence-corrected chi connectivity index (χ3v) is 3.63. The second kappa shape index (κ2) is 5.40. The Labute approximate surface area is 116 Å². The van der Waals surface area contributed by atoms with Gasteiger partial charge in [-0.25, -0.2) is 4.98 Å². The predicted molar refractivity (Wildman–Crippen MR) is 80.4 cm³/mol. The van der Waals surface area contributed by atoms with Gasteiger partial charge in [-0.05, 0) is 32.0 Å². The average molecular weight is 275 g/mol. The molecule has 0 fully saturated rings. The number of carbonyl (C=O) groups is 1. The number of fused-ring (bicyclic) bond motifs is 1. The number of likely N-dealkylation sites (N-methyl/N-ethyl adjacent to an activating group) is 1. The van der Waals surface area contributed by atoms with E-state index < -0.39 is 0 Å². The Kier molecular flexibility index (Phi) is 3.85. The number of benzene rings is 1. The topological polar surface area (TPSA) is 59.2 Å². The molecule has 0 aliphatic rings. The van der Waals surface area contributed by atoms with E-state index in [1.54, 1.807) is 11.0 Å². The summed E-state index contributed by atoms with van der Waals surface area (Å²) in [6.45, 7) is 8.98. The molecule has 19 heavy (non-hydrogen) atoms. The maximum absolute atomic E-state index is 12.4. The predicted octanol–water partition coefficient (Wildman–Crippen LogP) is 2.92. The third-order valence-electron chi connectivity index (χ3n) is 2.78. The van der Waals surface area contributed by atoms with Crippen LogP contribution in [0.5, 0.6) is 0 Å². The van der Waals surface area contributed by atoms with Crippen molar-refractivity contribution in [1.82, 2.24) is 9.88 Å². The maximum Gasteiger partial charge on any atom is 0.254 e. The molecule has 0 radical (unpaired) electrons. The van der Waals surface area contributed by atoms with Gasteiger partial charge in [0, 0.05) is 18.7 Å². The molecule has 0 saturated heterocycles. The van der Waals surface area contributed by atoms with E-state index in [0.29, 0.717) is 23.8 Å². The largest absolute Gasteiger partial charge is 0.375 e. The van der Waals surface area contributed by atoms with Crippen molar-refractivity contribution < 1.29 is 4.79 Å².